The van der Waals surface area contributed by atoms with Gasteiger partial charge >= 0.3 is 5.97 Å². The highest BCUT2D eigenvalue weighted by molar-refractivity contribution is 8.26. The molecule has 128 valence electrons. The molecular formula is C16H9F2NO4S2. The number of thiocarbonyl (C=S) groups is 1. The Morgan fingerprint density at radius 2 is 2.04 bits per heavy atom. The van der Waals surface area contributed by atoms with Crippen molar-refractivity contribution in [2.45, 2.75) is 0 Å². The lowest BCUT2D eigenvalue weighted by molar-refractivity contribution is -0.140. The van der Waals surface area contributed by atoms with Crippen LogP contribution in [-0.2, 0) is 9.59 Å². The van der Waals surface area contributed by atoms with E-state index >= 15 is 0 Å². The van der Waals surface area contributed by atoms with Gasteiger partial charge in [0.2, 0.25) is 0 Å². The van der Waals surface area contributed by atoms with Crippen molar-refractivity contribution >= 4 is 46.3 Å². The van der Waals surface area contributed by atoms with Crippen LogP contribution >= 0.6 is 24.0 Å². The summed E-state index contributed by atoms with van der Waals surface area (Å²) in [5.74, 6) is -3.05. The number of rotatable bonds is 4. The largest absolute Gasteiger partial charge is 0.480 e. The van der Waals surface area contributed by atoms with Crippen LogP contribution in [0.1, 0.15) is 5.76 Å². The number of amides is 1. The molecule has 1 aromatic carbocycles. The summed E-state index contributed by atoms with van der Waals surface area (Å²) in [7, 11) is 0. The molecule has 0 saturated carbocycles. The Balaban J connectivity index is 1.84. The number of halogens is 2. The van der Waals surface area contributed by atoms with E-state index in [1.165, 1.54) is 12.1 Å². The molecule has 0 spiro atoms. The minimum Gasteiger partial charge on any atom is -0.480 e. The van der Waals surface area contributed by atoms with Crippen molar-refractivity contribution in [1.82, 2.24) is 4.90 Å². The summed E-state index contributed by atoms with van der Waals surface area (Å²) in [4.78, 5) is 24.1. The van der Waals surface area contributed by atoms with Gasteiger partial charge in [0.25, 0.3) is 5.91 Å². The van der Waals surface area contributed by atoms with Gasteiger partial charge < -0.3 is 9.52 Å². The molecule has 0 atom stereocenters. The average Bonchev–Trinajstić information content (AvgIpc) is 3.11. The van der Waals surface area contributed by atoms with Crippen LogP contribution in [0.15, 0.2) is 39.7 Å². The van der Waals surface area contributed by atoms with Gasteiger partial charge in [-0.2, -0.15) is 0 Å². The van der Waals surface area contributed by atoms with Crippen LogP contribution in [-0.4, -0.2) is 32.7 Å². The number of carboxylic acid groups (broad SMARTS) is 1. The third-order valence-electron chi connectivity index (χ3n) is 3.27. The lowest BCUT2D eigenvalue weighted by atomic mass is 10.1. The molecule has 1 amide bonds. The molecule has 2 aromatic rings. The first-order valence-electron chi connectivity index (χ1n) is 6.87. The molecular weight excluding hydrogens is 372 g/mol. The summed E-state index contributed by atoms with van der Waals surface area (Å²) in [5, 5.41) is 8.80. The Kier molecular flexibility index (Phi) is 4.69. The van der Waals surface area contributed by atoms with E-state index in [4.69, 9.17) is 21.7 Å². The van der Waals surface area contributed by atoms with E-state index in [2.05, 4.69) is 0 Å². The first-order valence-corrected chi connectivity index (χ1v) is 8.10. The number of hydrogen-bond acceptors (Lipinski definition) is 5. The van der Waals surface area contributed by atoms with Crippen LogP contribution in [0, 0.1) is 11.6 Å². The number of carbonyl (C=O) groups is 2. The van der Waals surface area contributed by atoms with Crippen LogP contribution in [0.2, 0.25) is 0 Å². The van der Waals surface area contributed by atoms with Crippen LogP contribution in [0.5, 0.6) is 0 Å². The first kappa shape index (κ1) is 17.3. The van der Waals surface area contributed by atoms with E-state index in [9.17, 15) is 18.4 Å². The van der Waals surface area contributed by atoms with E-state index < -0.39 is 30.1 Å². The van der Waals surface area contributed by atoms with Crippen LogP contribution in [0.25, 0.3) is 17.4 Å². The number of nitrogens with zero attached hydrogens (tertiary/aromatic N) is 1. The molecule has 0 radical (unpaired) electrons. The highest BCUT2D eigenvalue weighted by Gasteiger charge is 2.33. The molecule has 0 bridgehead atoms. The van der Waals surface area contributed by atoms with E-state index in [0.29, 0.717) is 17.1 Å². The predicted molar refractivity (Wildman–Crippen MR) is 91.6 cm³/mol. The molecule has 1 aliphatic heterocycles. The van der Waals surface area contributed by atoms with Crippen LogP contribution < -0.4 is 0 Å². The summed E-state index contributed by atoms with van der Waals surface area (Å²) in [6, 6.07) is 6.47. The summed E-state index contributed by atoms with van der Waals surface area (Å²) in [5.41, 5.74) is 0.344. The molecule has 1 saturated heterocycles. The summed E-state index contributed by atoms with van der Waals surface area (Å²) in [6.07, 6.45) is 1.42. The maximum Gasteiger partial charge on any atom is 0.323 e. The van der Waals surface area contributed by atoms with Gasteiger partial charge in [-0.1, -0.05) is 24.0 Å². The fourth-order valence-electron chi connectivity index (χ4n) is 2.14. The quantitative estimate of drug-likeness (QED) is 0.646. The third-order valence-corrected chi connectivity index (χ3v) is 4.65. The monoisotopic (exact) mass is 381 g/mol. The van der Waals surface area contributed by atoms with Gasteiger partial charge in [-0.25, -0.2) is 8.78 Å². The minimum absolute atomic E-state index is 0.144. The number of carbonyl (C=O) groups excluding carboxylic acids is 1. The second-order valence-corrected chi connectivity index (χ2v) is 6.67. The van der Waals surface area contributed by atoms with Gasteiger partial charge in [-0.05, 0) is 30.3 Å². The van der Waals surface area contributed by atoms with Crippen molar-refractivity contribution in [1.29, 1.82) is 0 Å². The van der Waals surface area contributed by atoms with Gasteiger partial charge in [0.1, 0.15) is 22.4 Å². The molecule has 2 heterocycles. The maximum atomic E-state index is 13.3. The Hall–Kier alpha value is -2.52. The fourth-order valence-corrected chi connectivity index (χ4v) is 3.37. The lowest BCUT2D eigenvalue weighted by Crippen LogP contribution is -2.33. The molecule has 1 N–H and O–H groups in total. The van der Waals surface area contributed by atoms with Crippen molar-refractivity contribution in [3.63, 3.8) is 0 Å². The molecule has 9 heteroatoms. The molecule has 0 aliphatic carbocycles. The number of thioether (sulfide) groups is 1. The second-order valence-electron chi connectivity index (χ2n) is 4.99. The normalized spacial score (nSPS) is 16.1. The van der Waals surface area contributed by atoms with Crippen molar-refractivity contribution in [3.8, 4) is 11.3 Å². The minimum atomic E-state index is -1.17. The standard InChI is InChI=1S/C16H9F2NO4S2/c17-10-3-1-8(5-11(10)18)12-4-2-9(23-12)6-13-15(22)19(7-14(20)21)16(24)25-13/h1-6H,7H2,(H,20,21)/b13-6-. The number of aliphatic carboxylic acids is 1. The molecule has 0 unspecified atom stereocenters. The number of hydrogen-bond donors (Lipinski definition) is 1. The molecule has 1 fully saturated rings. The molecule has 1 aromatic heterocycles. The van der Waals surface area contributed by atoms with Gasteiger partial charge in [0.05, 0.1) is 4.91 Å². The summed E-state index contributed by atoms with van der Waals surface area (Å²) >= 11 is 5.96. The van der Waals surface area contributed by atoms with E-state index in [1.807, 2.05) is 0 Å². The van der Waals surface area contributed by atoms with Crippen molar-refractivity contribution in [2.75, 3.05) is 6.54 Å². The topological polar surface area (TPSA) is 70.8 Å². The number of carboxylic acids is 1. The van der Waals surface area contributed by atoms with E-state index in [1.54, 1.807) is 12.1 Å². The Labute approximate surface area is 149 Å². The predicted octanol–water partition coefficient (Wildman–Crippen LogP) is 3.51. The van der Waals surface area contributed by atoms with Crippen molar-refractivity contribution in [2.24, 2.45) is 0 Å². The zero-order valence-corrected chi connectivity index (χ0v) is 14.0. The van der Waals surface area contributed by atoms with E-state index in [-0.39, 0.29) is 9.23 Å². The Morgan fingerprint density at radius 1 is 1.28 bits per heavy atom. The van der Waals surface area contributed by atoms with Gasteiger partial charge in [-0.15, -0.1) is 0 Å². The second kappa shape index (κ2) is 6.77. The van der Waals surface area contributed by atoms with Crippen molar-refractivity contribution < 1.29 is 27.9 Å². The molecule has 25 heavy (non-hydrogen) atoms. The zero-order valence-electron chi connectivity index (χ0n) is 12.4. The van der Waals surface area contributed by atoms with Gasteiger partial charge in [-0.3, -0.25) is 14.5 Å². The van der Waals surface area contributed by atoms with Crippen molar-refractivity contribution in [3.05, 3.63) is 52.6 Å². The molecule has 3 rings (SSSR count). The number of furan rings is 1. The van der Waals surface area contributed by atoms with Crippen LogP contribution in [0.3, 0.4) is 0 Å². The summed E-state index contributed by atoms with van der Waals surface area (Å²) < 4.78 is 31.9. The smallest absolute Gasteiger partial charge is 0.323 e. The van der Waals surface area contributed by atoms with Gasteiger partial charge in [0.15, 0.2) is 11.6 Å². The zero-order chi connectivity index (χ0) is 18.1. The Bertz CT molecular complexity index is 923. The first-order chi connectivity index (χ1) is 11.8. The molecule has 5 nitrogen and oxygen atoms in total. The van der Waals surface area contributed by atoms with E-state index in [0.717, 1.165) is 28.8 Å². The summed E-state index contributed by atoms with van der Waals surface area (Å²) in [6.45, 7) is -0.514. The highest BCUT2D eigenvalue weighted by Crippen LogP contribution is 2.33. The molecule has 1 aliphatic rings. The van der Waals surface area contributed by atoms with Gasteiger partial charge in [0, 0.05) is 11.6 Å². The third kappa shape index (κ3) is 3.62. The average molecular weight is 381 g/mol. The van der Waals surface area contributed by atoms with Crippen LogP contribution in [0.4, 0.5) is 8.78 Å². The fraction of sp³-hybridized carbons (Fsp3) is 0.0625. The maximum absolute atomic E-state index is 13.3. The Morgan fingerprint density at radius 3 is 2.72 bits per heavy atom. The highest BCUT2D eigenvalue weighted by atomic mass is 32.2. The number of benzene rings is 1. The SMILES string of the molecule is O=C(O)CN1C(=O)/C(=C/c2ccc(-c3ccc(F)c(F)c3)o2)SC1=S. The lowest BCUT2D eigenvalue weighted by Gasteiger charge is -2.09.